The number of methoxy groups -OCH3 is 1. The number of esters is 1. The summed E-state index contributed by atoms with van der Waals surface area (Å²) in [6.45, 7) is 7.29. The molecule has 8 atom stereocenters. The normalized spacial score (nSPS) is 44.0. The molecular weight excluding hydrogens is 372 g/mol. The number of carbonyl (C=O) groups is 2. The minimum Gasteiger partial charge on any atom is -0.469 e. The Morgan fingerprint density at radius 2 is 1.80 bits per heavy atom. The second-order valence-electron chi connectivity index (χ2n) is 11.8. The maximum Gasteiger partial charge on any atom is 0.308 e. The molecule has 0 N–H and O–H groups in total. The quantitative estimate of drug-likeness (QED) is 0.362. The third kappa shape index (κ3) is 3.56. The molecule has 3 nitrogen and oxygen atoms in total. The first-order valence-electron chi connectivity index (χ1n) is 12.9. The van der Waals surface area contributed by atoms with Gasteiger partial charge in [0.05, 0.1) is 13.0 Å². The van der Waals surface area contributed by atoms with E-state index in [1.807, 2.05) is 0 Å². The molecule has 0 aromatic carbocycles. The molecular formula is C27H44O3. The standard InChI is InChI=1S/C27H44O3/c1-5-6-7-8-21(25(29)30-4)23-12-11-22-20-10-9-18-17-19(28)13-15-26(18,2)24(20)14-16-27(22,23)3/h18,20-24H,5-17H2,1-4H3/t18-,20-,21+,22-,23+,24-,26-,27-/m0/s1. The second kappa shape index (κ2) is 8.58. The molecule has 0 unspecified atom stereocenters. The summed E-state index contributed by atoms with van der Waals surface area (Å²) in [4.78, 5) is 24.9. The van der Waals surface area contributed by atoms with Crippen LogP contribution in [0.15, 0.2) is 0 Å². The summed E-state index contributed by atoms with van der Waals surface area (Å²) in [6.07, 6.45) is 14.9. The van der Waals surface area contributed by atoms with Gasteiger partial charge in [0.15, 0.2) is 0 Å². The predicted molar refractivity (Wildman–Crippen MR) is 120 cm³/mol. The van der Waals surface area contributed by atoms with Gasteiger partial charge < -0.3 is 4.74 Å². The van der Waals surface area contributed by atoms with Crippen LogP contribution in [0.5, 0.6) is 0 Å². The topological polar surface area (TPSA) is 43.4 Å². The summed E-state index contributed by atoms with van der Waals surface area (Å²) < 4.78 is 5.31. The van der Waals surface area contributed by atoms with Crippen LogP contribution in [0.2, 0.25) is 0 Å². The van der Waals surface area contributed by atoms with E-state index >= 15 is 0 Å². The number of fused-ring (bicyclic) bond motifs is 5. The van der Waals surface area contributed by atoms with Crippen molar-refractivity contribution in [1.29, 1.82) is 0 Å². The van der Waals surface area contributed by atoms with Gasteiger partial charge in [0.1, 0.15) is 5.78 Å². The van der Waals surface area contributed by atoms with E-state index in [-0.39, 0.29) is 11.9 Å². The minimum atomic E-state index is 0.0431. The zero-order chi connectivity index (χ0) is 21.5. The second-order valence-corrected chi connectivity index (χ2v) is 11.8. The molecule has 30 heavy (non-hydrogen) atoms. The van der Waals surface area contributed by atoms with E-state index in [1.165, 1.54) is 51.4 Å². The summed E-state index contributed by atoms with van der Waals surface area (Å²) in [5.41, 5.74) is 0.666. The van der Waals surface area contributed by atoms with Gasteiger partial charge in [-0.3, -0.25) is 9.59 Å². The zero-order valence-electron chi connectivity index (χ0n) is 19.9. The maximum atomic E-state index is 12.8. The van der Waals surface area contributed by atoms with Crippen molar-refractivity contribution in [3.8, 4) is 0 Å². The summed E-state index contributed by atoms with van der Waals surface area (Å²) in [6, 6.07) is 0. The van der Waals surface area contributed by atoms with Gasteiger partial charge in [0, 0.05) is 12.8 Å². The molecule has 0 bridgehead atoms. The lowest BCUT2D eigenvalue weighted by Crippen LogP contribution is -2.54. The molecule has 0 aromatic heterocycles. The number of hydrogen-bond donors (Lipinski definition) is 0. The van der Waals surface area contributed by atoms with Gasteiger partial charge in [0.2, 0.25) is 0 Å². The smallest absolute Gasteiger partial charge is 0.308 e. The highest BCUT2D eigenvalue weighted by Gasteiger charge is 2.61. The third-order valence-corrected chi connectivity index (χ3v) is 10.7. The molecule has 3 heteroatoms. The number of carbonyl (C=O) groups excluding carboxylic acids is 2. The Morgan fingerprint density at radius 1 is 1.03 bits per heavy atom. The number of unbranched alkanes of at least 4 members (excludes halogenated alkanes) is 2. The van der Waals surface area contributed by atoms with Crippen LogP contribution in [0.25, 0.3) is 0 Å². The van der Waals surface area contributed by atoms with E-state index in [1.54, 1.807) is 7.11 Å². The Kier molecular flexibility index (Phi) is 6.39. The number of ketones is 1. The summed E-state index contributed by atoms with van der Waals surface area (Å²) in [5.74, 6) is 4.11. The monoisotopic (exact) mass is 416 g/mol. The van der Waals surface area contributed by atoms with Crippen molar-refractivity contribution >= 4 is 11.8 Å². The Morgan fingerprint density at radius 3 is 2.53 bits per heavy atom. The molecule has 4 aliphatic carbocycles. The molecule has 0 heterocycles. The fourth-order valence-electron chi connectivity index (χ4n) is 9.00. The van der Waals surface area contributed by atoms with Crippen molar-refractivity contribution in [3.05, 3.63) is 0 Å². The van der Waals surface area contributed by atoms with E-state index in [2.05, 4.69) is 20.8 Å². The van der Waals surface area contributed by atoms with E-state index < -0.39 is 0 Å². The molecule has 4 aliphatic rings. The van der Waals surface area contributed by atoms with Crippen LogP contribution in [0.4, 0.5) is 0 Å². The number of Topliss-reactive ketones (excluding diaryl/α,β-unsaturated/α-hetero) is 1. The fraction of sp³-hybridized carbons (Fsp3) is 0.926. The Balaban J connectivity index is 1.54. The average molecular weight is 417 g/mol. The highest BCUT2D eigenvalue weighted by Crippen LogP contribution is 2.68. The van der Waals surface area contributed by atoms with Gasteiger partial charge in [0.25, 0.3) is 0 Å². The molecule has 0 aliphatic heterocycles. The van der Waals surface area contributed by atoms with E-state index in [0.29, 0.717) is 28.4 Å². The molecule has 0 spiro atoms. The molecule has 0 amide bonds. The lowest BCUT2D eigenvalue weighted by molar-refractivity contribution is -0.154. The summed E-state index contributed by atoms with van der Waals surface area (Å²) >= 11 is 0. The van der Waals surface area contributed by atoms with Gasteiger partial charge in [-0.25, -0.2) is 0 Å². The third-order valence-electron chi connectivity index (χ3n) is 10.7. The van der Waals surface area contributed by atoms with Crippen molar-refractivity contribution in [3.63, 3.8) is 0 Å². The molecule has 0 aromatic rings. The van der Waals surface area contributed by atoms with Crippen molar-refractivity contribution in [2.45, 2.75) is 104 Å². The zero-order valence-corrected chi connectivity index (χ0v) is 19.9. The van der Waals surface area contributed by atoms with Gasteiger partial charge in [-0.15, -0.1) is 0 Å². The van der Waals surface area contributed by atoms with E-state index in [9.17, 15) is 9.59 Å². The van der Waals surface area contributed by atoms with Crippen molar-refractivity contribution in [2.75, 3.05) is 7.11 Å². The first-order chi connectivity index (χ1) is 14.3. The largest absolute Gasteiger partial charge is 0.469 e. The summed E-state index contributed by atoms with van der Waals surface area (Å²) in [5, 5.41) is 0. The van der Waals surface area contributed by atoms with E-state index in [0.717, 1.165) is 49.9 Å². The fourth-order valence-corrected chi connectivity index (χ4v) is 9.00. The van der Waals surface area contributed by atoms with Gasteiger partial charge >= 0.3 is 5.97 Å². The first-order valence-corrected chi connectivity index (χ1v) is 12.9. The Labute approximate surface area is 184 Å². The van der Waals surface area contributed by atoms with Crippen LogP contribution in [0.3, 0.4) is 0 Å². The number of ether oxygens (including phenoxy) is 1. The molecule has 4 saturated carbocycles. The van der Waals surface area contributed by atoms with Crippen LogP contribution >= 0.6 is 0 Å². The molecule has 0 radical (unpaired) electrons. The summed E-state index contributed by atoms with van der Waals surface area (Å²) in [7, 11) is 1.58. The minimum absolute atomic E-state index is 0.0431. The molecule has 170 valence electrons. The highest BCUT2D eigenvalue weighted by atomic mass is 16.5. The van der Waals surface area contributed by atoms with Crippen LogP contribution < -0.4 is 0 Å². The van der Waals surface area contributed by atoms with Gasteiger partial charge in [-0.1, -0.05) is 40.0 Å². The Bertz CT molecular complexity index is 656. The van der Waals surface area contributed by atoms with Crippen LogP contribution in [0.1, 0.15) is 104 Å². The van der Waals surface area contributed by atoms with E-state index in [4.69, 9.17) is 4.74 Å². The Hall–Kier alpha value is -0.860. The van der Waals surface area contributed by atoms with Crippen LogP contribution in [0, 0.1) is 46.3 Å². The number of hydrogen-bond acceptors (Lipinski definition) is 3. The van der Waals surface area contributed by atoms with Crippen molar-refractivity contribution < 1.29 is 14.3 Å². The van der Waals surface area contributed by atoms with Crippen LogP contribution in [-0.2, 0) is 14.3 Å². The predicted octanol–water partition coefficient (Wildman–Crippen LogP) is 6.58. The average Bonchev–Trinajstić information content (AvgIpc) is 3.08. The highest BCUT2D eigenvalue weighted by molar-refractivity contribution is 5.79. The molecule has 4 fully saturated rings. The van der Waals surface area contributed by atoms with Gasteiger partial charge in [-0.05, 0) is 91.8 Å². The lowest BCUT2D eigenvalue weighted by atomic mass is 9.44. The first kappa shape index (κ1) is 22.3. The maximum absolute atomic E-state index is 12.8. The van der Waals surface area contributed by atoms with Crippen LogP contribution in [-0.4, -0.2) is 18.9 Å². The molecule has 4 rings (SSSR count). The van der Waals surface area contributed by atoms with Crippen molar-refractivity contribution in [1.82, 2.24) is 0 Å². The lowest BCUT2D eigenvalue weighted by Gasteiger charge is -2.60. The van der Waals surface area contributed by atoms with Crippen molar-refractivity contribution in [2.24, 2.45) is 46.3 Å². The van der Waals surface area contributed by atoms with Gasteiger partial charge in [-0.2, -0.15) is 0 Å². The SMILES string of the molecule is CCCCC[C@@H](C(=O)OC)[C@H]1CC[C@H]2[C@@H]3CC[C@H]4CC(=O)CC[C@]4(C)[C@H]3CC[C@]12C. The molecule has 0 saturated heterocycles. The number of rotatable bonds is 6.